The molecule has 2 heterocycles. The normalized spacial score (nSPS) is 21.9. The summed E-state index contributed by atoms with van der Waals surface area (Å²) in [7, 11) is 0. The number of halogens is 1. The van der Waals surface area contributed by atoms with E-state index in [9.17, 15) is 9.90 Å². The lowest BCUT2D eigenvalue weighted by Crippen LogP contribution is -2.45. The maximum absolute atomic E-state index is 12.7. The van der Waals surface area contributed by atoms with Crippen molar-refractivity contribution in [2.24, 2.45) is 0 Å². The highest BCUT2D eigenvalue weighted by molar-refractivity contribution is 6.30. The first kappa shape index (κ1) is 16.7. The molecule has 1 atom stereocenters. The van der Waals surface area contributed by atoms with Gasteiger partial charge < -0.3 is 14.6 Å². The molecule has 1 unspecified atom stereocenters. The van der Waals surface area contributed by atoms with Crippen LogP contribution in [0, 0.1) is 0 Å². The number of benzene rings is 2. The average Bonchev–Trinajstić information content (AvgIpc) is 3.24. The number of ether oxygens (including phenoxy) is 2. The van der Waals surface area contributed by atoms with E-state index in [1.54, 1.807) is 24.3 Å². The van der Waals surface area contributed by atoms with Gasteiger partial charge in [0.05, 0.1) is 0 Å². The molecule has 26 heavy (non-hydrogen) atoms. The number of carbonyl (C=O) groups excluding carboxylic acids is 1. The van der Waals surface area contributed by atoms with Crippen LogP contribution in [0.4, 0.5) is 0 Å². The third-order valence-electron chi connectivity index (χ3n) is 4.45. The standard InChI is InChI=1S/C20H16ClNO4/c21-17-8-6-15(7-9-17)20(24)16(10-14-4-2-1-3-5-14)11-18(23)22(20)19-12-25-13-26-19/h1-9,11-12,24H,10,13H2. The summed E-state index contributed by atoms with van der Waals surface area (Å²) in [4.78, 5) is 13.9. The summed E-state index contributed by atoms with van der Waals surface area (Å²) in [6.07, 6.45) is 3.19. The summed E-state index contributed by atoms with van der Waals surface area (Å²) in [5, 5.41) is 12.2. The van der Waals surface area contributed by atoms with E-state index in [-0.39, 0.29) is 18.6 Å². The first-order valence-corrected chi connectivity index (χ1v) is 8.49. The van der Waals surface area contributed by atoms with Crippen molar-refractivity contribution >= 4 is 17.5 Å². The van der Waals surface area contributed by atoms with Crippen molar-refractivity contribution in [2.75, 3.05) is 6.79 Å². The van der Waals surface area contributed by atoms with Crippen molar-refractivity contribution in [3.8, 4) is 0 Å². The quantitative estimate of drug-likeness (QED) is 0.898. The van der Waals surface area contributed by atoms with Crippen LogP contribution in [0.15, 0.2) is 78.4 Å². The van der Waals surface area contributed by atoms with Gasteiger partial charge in [0, 0.05) is 16.7 Å². The number of nitrogens with zero attached hydrogens (tertiary/aromatic N) is 1. The zero-order valence-electron chi connectivity index (χ0n) is 13.8. The lowest BCUT2D eigenvalue weighted by Gasteiger charge is -2.36. The SMILES string of the molecule is O=C1C=C(Cc2ccccc2)C(O)(c2ccc(Cl)cc2)N1C1=COCO1. The van der Waals surface area contributed by atoms with Gasteiger partial charge in [-0.2, -0.15) is 0 Å². The van der Waals surface area contributed by atoms with Gasteiger partial charge in [0.2, 0.25) is 12.7 Å². The zero-order chi connectivity index (χ0) is 18.1. The Morgan fingerprint density at radius 1 is 1.12 bits per heavy atom. The second-order valence-corrected chi connectivity index (χ2v) is 6.51. The van der Waals surface area contributed by atoms with Gasteiger partial charge in [0.1, 0.15) is 6.26 Å². The molecule has 1 amide bonds. The predicted octanol–water partition coefficient (Wildman–Crippen LogP) is 3.30. The summed E-state index contributed by atoms with van der Waals surface area (Å²) in [6.45, 7) is 0.00380. The molecule has 2 aromatic rings. The van der Waals surface area contributed by atoms with Gasteiger partial charge in [-0.1, -0.05) is 54.1 Å². The summed E-state index contributed by atoms with van der Waals surface area (Å²) >= 11 is 5.99. The minimum absolute atomic E-state index is 0.00380. The van der Waals surface area contributed by atoms with Crippen molar-refractivity contribution in [1.29, 1.82) is 0 Å². The molecule has 132 valence electrons. The minimum Gasteiger partial charge on any atom is -0.459 e. The van der Waals surface area contributed by atoms with Gasteiger partial charge in [0.25, 0.3) is 5.91 Å². The Kier molecular flexibility index (Phi) is 4.18. The summed E-state index contributed by atoms with van der Waals surface area (Å²) < 4.78 is 10.5. The second-order valence-electron chi connectivity index (χ2n) is 6.07. The third kappa shape index (κ3) is 2.75. The first-order valence-electron chi connectivity index (χ1n) is 8.11. The van der Waals surface area contributed by atoms with E-state index in [1.165, 1.54) is 17.2 Å². The van der Waals surface area contributed by atoms with Crippen LogP contribution in [-0.2, 0) is 26.4 Å². The molecular formula is C20H16ClNO4. The van der Waals surface area contributed by atoms with Crippen LogP contribution in [0.5, 0.6) is 0 Å². The minimum atomic E-state index is -1.68. The highest BCUT2D eigenvalue weighted by Gasteiger charge is 2.50. The van der Waals surface area contributed by atoms with Gasteiger partial charge in [-0.05, 0) is 29.7 Å². The van der Waals surface area contributed by atoms with Gasteiger partial charge >= 0.3 is 0 Å². The monoisotopic (exact) mass is 369 g/mol. The Morgan fingerprint density at radius 3 is 2.50 bits per heavy atom. The number of carbonyl (C=O) groups is 1. The Hall–Kier alpha value is -2.76. The number of amides is 1. The molecule has 2 aromatic carbocycles. The molecule has 0 aliphatic carbocycles. The molecule has 0 spiro atoms. The van der Waals surface area contributed by atoms with E-state index in [0.717, 1.165) is 5.56 Å². The molecule has 0 fully saturated rings. The molecule has 1 N–H and O–H groups in total. The third-order valence-corrected chi connectivity index (χ3v) is 4.70. The second kappa shape index (κ2) is 6.52. The molecule has 2 aliphatic heterocycles. The van der Waals surface area contributed by atoms with Crippen LogP contribution in [0.3, 0.4) is 0 Å². The maximum Gasteiger partial charge on any atom is 0.256 e. The van der Waals surface area contributed by atoms with E-state index < -0.39 is 5.72 Å². The highest BCUT2D eigenvalue weighted by atomic mass is 35.5. The number of rotatable bonds is 4. The summed E-state index contributed by atoms with van der Waals surface area (Å²) in [5.41, 5.74) is 0.369. The maximum atomic E-state index is 12.7. The zero-order valence-corrected chi connectivity index (χ0v) is 14.5. The van der Waals surface area contributed by atoms with Crippen LogP contribution in [0.2, 0.25) is 5.02 Å². The smallest absolute Gasteiger partial charge is 0.256 e. The van der Waals surface area contributed by atoms with Crippen molar-refractivity contribution in [3.05, 3.63) is 94.5 Å². The van der Waals surface area contributed by atoms with Crippen LogP contribution in [-0.4, -0.2) is 22.7 Å². The fourth-order valence-corrected chi connectivity index (χ4v) is 3.35. The molecule has 0 bridgehead atoms. The van der Waals surface area contributed by atoms with Crippen LogP contribution in [0.1, 0.15) is 11.1 Å². The first-order chi connectivity index (χ1) is 12.6. The Morgan fingerprint density at radius 2 is 1.85 bits per heavy atom. The topological polar surface area (TPSA) is 59.0 Å². The predicted molar refractivity (Wildman–Crippen MR) is 95.5 cm³/mol. The largest absolute Gasteiger partial charge is 0.459 e. The number of aliphatic hydroxyl groups is 1. The molecule has 0 aromatic heterocycles. The molecule has 5 nitrogen and oxygen atoms in total. The molecule has 0 radical (unpaired) electrons. The lowest BCUT2D eigenvalue weighted by molar-refractivity contribution is -0.145. The van der Waals surface area contributed by atoms with Gasteiger partial charge in [-0.25, -0.2) is 4.90 Å². The molecular weight excluding hydrogens is 354 g/mol. The van der Waals surface area contributed by atoms with Crippen molar-refractivity contribution in [1.82, 2.24) is 4.90 Å². The number of hydrogen-bond donors (Lipinski definition) is 1. The number of hydrogen-bond acceptors (Lipinski definition) is 4. The molecule has 4 rings (SSSR count). The molecule has 2 aliphatic rings. The Balaban J connectivity index is 1.80. The summed E-state index contributed by atoms with van der Waals surface area (Å²) in [6, 6.07) is 16.4. The van der Waals surface area contributed by atoms with E-state index in [0.29, 0.717) is 22.6 Å². The van der Waals surface area contributed by atoms with E-state index >= 15 is 0 Å². The van der Waals surface area contributed by atoms with Crippen molar-refractivity contribution < 1.29 is 19.4 Å². The van der Waals surface area contributed by atoms with E-state index in [4.69, 9.17) is 21.1 Å². The molecule has 0 saturated heterocycles. The van der Waals surface area contributed by atoms with Gasteiger partial charge in [-0.15, -0.1) is 0 Å². The van der Waals surface area contributed by atoms with Crippen LogP contribution >= 0.6 is 11.6 Å². The van der Waals surface area contributed by atoms with Crippen LogP contribution in [0.25, 0.3) is 0 Å². The van der Waals surface area contributed by atoms with Crippen LogP contribution < -0.4 is 0 Å². The highest BCUT2D eigenvalue weighted by Crippen LogP contribution is 2.43. The molecule has 6 heteroatoms. The average molecular weight is 370 g/mol. The Labute approximate surface area is 155 Å². The lowest BCUT2D eigenvalue weighted by atomic mass is 9.90. The Bertz CT molecular complexity index is 892. The fourth-order valence-electron chi connectivity index (χ4n) is 3.22. The molecule has 0 saturated carbocycles. The van der Waals surface area contributed by atoms with Gasteiger partial charge in [0.15, 0.2) is 5.72 Å². The van der Waals surface area contributed by atoms with Gasteiger partial charge in [-0.3, -0.25) is 4.79 Å². The van der Waals surface area contributed by atoms with E-state index in [1.807, 2.05) is 30.3 Å². The van der Waals surface area contributed by atoms with Crippen molar-refractivity contribution in [2.45, 2.75) is 12.1 Å². The van der Waals surface area contributed by atoms with E-state index in [2.05, 4.69) is 0 Å². The van der Waals surface area contributed by atoms with Crippen molar-refractivity contribution in [3.63, 3.8) is 0 Å². The summed E-state index contributed by atoms with van der Waals surface area (Å²) in [5.74, 6) is -0.197. The fraction of sp³-hybridized carbons (Fsp3) is 0.150.